The lowest BCUT2D eigenvalue weighted by Gasteiger charge is -2.14. The number of carboxylic acids is 1. The van der Waals surface area contributed by atoms with Crippen molar-refractivity contribution in [1.29, 1.82) is 0 Å². The maximum Gasteiger partial charge on any atom is 0.315 e. The first-order chi connectivity index (χ1) is 16.1. The predicted molar refractivity (Wildman–Crippen MR) is 121 cm³/mol. The van der Waals surface area contributed by atoms with Crippen molar-refractivity contribution < 1.29 is 28.8 Å². The van der Waals surface area contributed by atoms with Gasteiger partial charge in [-0.15, -0.1) is 12.8 Å². The van der Waals surface area contributed by atoms with Gasteiger partial charge in [0.05, 0.1) is 12.6 Å². The van der Waals surface area contributed by atoms with Crippen LogP contribution in [0.25, 0.3) is 0 Å². The summed E-state index contributed by atoms with van der Waals surface area (Å²) >= 11 is 0. The normalized spacial score (nSPS) is 11.3. The van der Waals surface area contributed by atoms with Gasteiger partial charge in [0, 0.05) is 13.3 Å². The molecule has 1 heterocycles. The Balaban J connectivity index is 0.00000164. The molecule has 0 unspecified atom stereocenters. The van der Waals surface area contributed by atoms with Crippen LogP contribution in [0.1, 0.15) is 43.1 Å². The number of aromatic nitrogens is 2. The lowest BCUT2D eigenvalue weighted by Crippen LogP contribution is -2.48. The maximum atomic E-state index is 11.9. The number of nitrogens with zero attached hydrogens (tertiary/aromatic N) is 2. The molecule has 0 saturated carbocycles. The Kier molecular flexibility index (Phi) is 14.1. The topological polar surface area (TPSA) is 230 Å². The predicted octanol–water partition coefficient (Wildman–Crippen LogP) is -0.429. The van der Waals surface area contributed by atoms with Crippen molar-refractivity contribution in [3.8, 4) is 12.8 Å². The fourth-order valence-electron chi connectivity index (χ4n) is 2.37. The van der Waals surface area contributed by atoms with Crippen molar-refractivity contribution in [3.05, 3.63) is 47.6 Å². The Morgan fingerprint density at radius 2 is 1.74 bits per heavy atom. The number of nitrogens with two attached hydrogens (primary N) is 3. The lowest BCUT2D eigenvalue weighted by atomic mass is 10.1. The highest BCUT2D eigenvalue weighted by Crippen LogP contribution is 2.13. The summed E-state index contributed by atoms with van der Waals surface area (Å²) < 4.78 is 5.05. The third-order valence-corrected chi connectivity index (χ3v) is 3.81. The summed E-state index contributed by atoms with van der Waals surface area (Å²) in [5, 5.41) is 17.2. The minimum Gasteiger partial charge on any atom is -0.481 e. The molecule has 0 aliphatic heterocycles. The number of carbonyl (C=O) groups is 4. The van der Waals surface area contributed by atoms with E-state index in [9.17, 15) is 19.2 Å². The molecular formula is C21H29N7O6. The van der Waals surface area contributed by atoms with Crippen LogP contribution in [0.4, 0.5) is 4.79 Å². The molecule has 2 atom stereocenters. The summed E-state index contributed by atoms with van der Waals surface area (Å²) in [7, 11) is 0. The molecule has 9 N–H and O–H groups in total. The fourth-order valence-corrected chi connectivity index (χ4v) is 2.37. The highest BCUT2D eigenvalue weighted by Gasteiger charge is 2.20. The molecule has 0 aliphatic carbocycles. The van der Waals surface area contributed by atoms with E-state index in [4.69, 9.17) is 21.1 Å². The van der Waals surface area contributed by atoms with Crippen molar-refractivity contribution in [2.75, 3.05) is 0 Å². The maximum absolute atomic E-state index is 11.9. The molecule has 2 rings (SSSR count). The molecule has 13 heteroatoms. The Morgan fingerprint density at radius 1 is 1.15 bits per heavy atom. The van der Waals surface area contributed by atoms with Crippen molar-refractivity contribution in [2.45, 2.75) is 44.8 Å². The Hall–Kier alpha value is -4.44. The van der Waals surface area contributed by atoms with Gasteiger partial charge >= 0.3 is 12.0 Å². The molecule has 0 saturated heterocycles. The third kappa shape index (κ3) is 13.1. The summed E-state index contributed by atoms with van der Waals surface area (Å²) in [4.78, 5) is 47.1. The van der Waals surface area contributed by atoms with Gasteiger partial charge < -0.3 is 37.5 Å². The number of nitrogens with one attached hydrogen (secondary N) is 2. The van der Waals surface area contributed by atoms with Crippen LogP contribution in [-0.4, -0.2) is 45.1 Å². The van der Waals surface area contributed by atoms with Crippen LogP contribution >= 0.6 is 0 Å². The summed E-state index contributed by atoms with van der Waals surface area (Å²) in [5.74, 6) is -1.82. The number of hydrogen-bond donors (Lipinski definition) is 6. The van der Waals surface area contributed by atoms with Gasteiger partial charge in [0.2, 0.25) is 17.7 Å². The van der Waals surface area contributed by atoms with Crippen LogP contribution in [0.5, 0.6) is 0 Å². The first kappa shape index (κ1) is 29.6. The zero-order valence-corrected chi connectivity index (χ0v) is 18.6. The summed E-state index contributed by atoms with van der Waals surface area (Å²) in [6.45, 7) is 1.21. The van der Waals surface area contributed by atoms with Gasteiger partial charge in [-0.3, -0.25) is 14.4 Å². The number of terminal acetylenes is 1. The standard InChI is InChI=1S/C17H22N6O5.C2H5NO.C2H2/c18-11(8-10-4-2-1-3-5-10)16-22-13(28-23-16)9-20-17(27)21-12(15(19)26)6-7-14(24)25;1-2(3)4;1-2/h1-5,11-12H,6-9,18H2,(H2,19,26)(H,24,25)(H2,20,21,27);1H3,(H2,3,4);1-2H/t11-,12-;;/m0../s1. The largest absolute Gasteiger partial charge is 0.481 e. The monoisotopic (exact) mass is 475 g/mol. The molecule has 0 spiro atoms. The molecule has 0 bridgehead atoms. The van der Waals surface area contributed by atoms with Gasteiger partial charge in [-0.1, -0.05) is 35.5 Å². The quantitative estimate of drug-likeness (QED) is 0.244. The molecule has 1 aromatic carbocycles. The summed E-state index contributed by atoms with van der Waals surface area (Å²) in [5.41, 5.74) is 16.7. The second kappa shape index (κ2) is 16.2. The molecule has 2 aromatic rings. The Morgan fingerprint density at radius 3 is 2.26 bits per heavy atom. The van der Waals surface area contributed by atoms with Crippen LogP contribution in [0, 0.1) is 12.8 Å². The van der Waals surface area contributed by atoms with E-state index >= 15 is 0 Å². The zero-order chi connectivity index (χ0) is 26.1. The molecule has 0 radical (unpaired) electrons. The molecule has 13 nitrogen and oxygen atoms in total. The van der Waals surface area contributed by atoms with E-state index in [1.165, 1.54) is 6.92 Å². The second-order valence-corrected chi connectivity index (χ2v) is 6.67. The van der Waals surface area contributed by atoms with Gasteiger partial charge in [-0.25, -0.2) is 4.79 Å². The highest BCUT2D eigenvalue weighted by molar-refractivity contribution is 5.86. The highest BCUT2D eigenvalue weighted by atomic mass is 16.5. The van der Waals surface area contributed by atoms with E-state index in [2.05, 4.69) is 39.4 Å². The van der Waals surface area contributed by atoms with E-state index in [-0.39, 0.29) is 31.2 Å². The average Bonchev–Trinajstić information content (AvgIpc) is 3.26. The SMILES string of the molecule is C#C.CC(N)=O.NC(=O)[C@H](CCC(=O)O)NC(=O)NCc1nc([C@@H](N)Cc2ccccc2)no1. The number of amides is 4. The number of hydrogen-bond acceptors (Lipinski definition) is 8. The third-order valence-electron chi connectivity index (χ3n) is 3.81. The molecular weight excluding hydrogens is 446 g/mol. The molecule has 184 valence electrons. The van der Waals surface area contributed by atoms with Crippen molar-refractivity contribution in [1.82, 2.24) is 20.8 Å². The number of benzene rings is 1. The molecule has 4 amide bonds. The molecule has 0 aliphatic rings. The number of rotatable bonds is 10. The minimum absolute atomic E-state index is 0.0959. The minimum atomic E-state index is -1.10. The van der Waals surface area contributed by atoms with Gasteiger partial charge in [0.25, 0.3) is 0 Å². The number of carboxylic acid groups (broad SMARTS) is 1. The van der Waals surface area contributed by atoms with Crippen molar-refractivity contribution >= 4 is 23.8 Å². The Bertz CT molecular complexity index is 941. The van der Waals surface area contributed by atoms with E-state index < -0.39 is 30.0 Å². The summed E-state index contributed by atoms with van der Waals surface area (Å²) in [6, 6.07) is 7.30. The van der Waals surface area contributed by atoms with Gasteiger partial charge in [0.1, 0.15) is 6.04 Å². The zero-order valence-electron chi connectivity index (χ0n) is 18.6. The smallest absolute Gasteiger partial charge is 0.315 e. The number of aliphatic carboxylic acids is 1. The van der Waals surface area contributed by atoms with Gasteiger partial charge in [-0.05, 0) is 18.4 Å². The van der Waals surface area contributed by atoms with Crippen molar-refractivity contribution in [2.24, 2.45) is 17.2 Å². The van der Waals surface area contributed by atoms with E-state index in [0.29, 0.717) is 12.2 Å². The fraction of sp³-hybridized carbons (Fsp3) is 0.333. The van der Waals surface area contributed by atoms with Crippen LogP contribution in [0.2, 0.25) is 0 Å². The lowest BCUT2D eigenvalue weighted by molar-refractivity contribution is -0.137. The van der Waals surface area contributed by atoms with E-state index in [1.807, 2.05) is 30.3 Å². The molecule has 34 heavy (non-hydrogen) atoms. The Labute approximate surface area is 196 Å². The van der Waals surface area contributed by atoms with Gasteiger partial charge in [0.15, 0.2) is 5.82 Å². The van der Waals surface area contributed by atoms with Crippen LogP contribution in [0.3, 0.4) is 0 Å². The van der Waals surface area contributed by atoms with Crippen LogP contribution in [0.15, 0.2) is 34.9 Å². The average molecular weight is 476 g/mol. The van der Waals surface area contributed by atoms with E-state index in [0.717, 1.165) is 5.56 Å². The molecule has 1 aromatic heterocycles. The number of carbonyl (C=O) groups excluding carboxylic acids is 3. The first-order valence-electron chi connectivity index (χ1n) is 9.85. The van der Waals surface area contributed by atoms with E-state index in [1.54, 1.807) is 0 Å². The number of primary amides is 2. The number of urea groups is 1. The van der Waals surface area contributed by atoms with Crippen molar-refractivity contribution in [3.63, 3.8) is 0 Å². The van der Waals surface area contributed by atoms with Gasteiger partial charge in [-0.2, -0.15) is 4.98 Å². The summed E-state index contributed by atoms with van der Waals surface area (Å²) in [6.07, 6.45) is 8.11. The van der Waals surface area contributed by atoms with Crippen LogP contribution in [-0.2, 0) is 27.3 Å². The first-order valence-corrected chi connectivity index (χ1v) is 9.85. The molecule has 0 fully saturated rings. The second-order valence-electron chi connectivity index (χ2n) is 6.67. The van der Waals surface area contributed by atoms with Crippen LogP contribution < -0.4 is 27.8 Å².